The highest BCUT2D eigenvalue weighted by molar-refractivity contribution is 5.46. The van der Waals surface area contributed by atoms with Crippen LogP contribution in [0.15, 0.2) is 24.3 Å². The lowest BCUT2D eigenvalue weighted by atomic mass is 9.97. The lowest BCUT2D eigenvalue weighted by Gasteiger charge is -2.14. The molecule has 92 valence electrons. The molecule has 1 rings (SSSR count). The van der Waals surface area contributed by atoms with E-state index >= 15 is 0 Å². The van der Waals surface area contributed by atoms with Gasteiger partial charge in [0, 0.05) is 24.7 Å². The van der Waals surface area contributed by atoms with Gasteiger partial charge in [0.1, 0.15) is 0 Å². The molecule has 1 atom stereocenters. The molecule has 0 bridgehead atoms. The van der Waals surface area contributed by atoms with E-state index in [2.05, 4.69) is 24.9 Å². The predicted molar refractivity (Wildman–Crippen MR) is 69.9 cm³/mol. The third-order valence-electron chi connectivity index (χ3n) is 2.91. The molecule has 0 fully saturated rings. The van der Waals surface area contributed by atoms with Crippen LogP contribution >= 0.6 is 0 Å². The topological polar surface area (TPSA) is 37.4 Å². The monoisotopic (exact) mass is 233 g/mol. The van der Waals surface area contributed by atoms with Crippen molar-refractivity contribution in [3.63, 3.8) is 0 Å². The molecule has 3 nitrogen and oxygen atoms in total. The standard InChI is InChI=1S/C14H21N2O/c1-3-5-9-17-11-12(4-2)13-7-6-8-14(10-13)16-15/h6-8,10,12H,3-5,9,11H2,1-2H3/q+1. The van der Waals surface area contributed by atoms with Crippen LogP contribution in [0, 0.1) is 5.39 Å². The van der Waals surface area contributed by atoms with E-state index in [-0.39, 0.29) is 0 Å². The molecule has 0 saturated carbocycles. The number of benzene rings is 1. The Morgan fingerprint density at radius 2 is 2.18 bits per heavy atom. The molecule has 0 aliphatic rings. The summed E-state index contributed by atoms with van der Waals surface area (Å²) in [6.07, 6.45) is 3.30. The lowest BCUT2D eigenvalue weighted by molar-refractivity contribution is 0.116. The number of hydrogen-bond donors (Lipinski definition) is 0. The number of hydrogen-bond acceptors (Lipinski definition) is 2. The molecule has 0 aliphatic heterocycles. The first kappa shape index (κ1) is 13.7. The molecule has 1 aromatic carbocycles. The molecular weight excluding hydrogens is 212 g/mol. The van der Waals surface area contributed by atoms with Gasteiger partial charge in [0.05, 0.1) is 6.61 Å². The summed E-state index contributed by atoms with van der Waals surface area (Å²) in [4.78, 5) is 3.22. The fourth-order valence-corrected chi connectivity index (χ4v) is 1.76. The summed E-state index contributed by atoms with van der Waals surface area (Å²) in [5.74, 6) is 0.383. The second kappa shape index (κ2) is 7.81. The minimum atomic E-state index is 0.383. The van der Waals surface area contributed by atoms with Crippen LogP contribution in [0.5, 0.6) is 0 Å². The van der Waals surface area contributed by atoms with Crippen molar-refractivity contribution in [3.8, 4) is 0 Å². The van der Waals surface area contributed by atoms with Crippen LogP contribution in [-0.2, 0) is 4.74 Å². The highest BCUT2D eigenvalue weighted by Crippen LogP contribution is 2.24. The zero-order valence-electron chi connectivity index (χ0n) is 10.7. The van der Waals surface area contributed by atoms with E-state index < -0.39 is 0 Å². The van der Waals surface area contributed by atoms with Gasteiger partial charge in [-0.15, -0.1) is 0 Å². The Balaban J connectivity index is 2.57. The largest absolute Gasteiger partial charge is 0.385 e. The quantitative estimate of drug-likeness (QED) is 0.514. The van der Waals surface area contributed by atoms with Crippen LogP contribution in [0.2, 0.25) is 0 Å². The maximum absolute atomic E-state index is 8.76. The van der Waals surface area contributed by atoms with E-state index in [9.17, 15) is 0 Å². The van der Waals surface area contributed by atoms with Gasteiger partial charge in [0.2, 0.25) is 5.39 Å². The predicted octanol–water partition coefficient (Wildman–Crippen LogP) is 4.48. The number of nitrogens with zero attached hydrogens (tertiary/aromatic N) is 2. The Morgan fingerprint density at radius 3 is 2.82 bits per heavy atom. The summed E-state index contributed by atoms with van der Waals surface area (Å²) in [6.45, 7) is 5.88. The van der Waals surface area contributed by atoms with Gasteiger partial charge < -0.3 is 4.74 Å². The normalized spacial score (nSPS) is 12.1. The summed E-state index contributed by atoms with van der Waals surface area (Å²) in [5, 5.41) is 8.76. The number of rotatable bonds is 7. The zero-order chi connectivity index (χ0) is 12.5. The molecular formula is C14H21N2O+. The summed E-state index contributed by atoms with van der Waals surface area (Å²) in [7, 11) is 0. The second-order valence-corrected chi connectivity index (χ2v) is 4.23. The Hall–Kier alpha value is -1.40. The van der Waals surface area contributed by atoms with E-state index in [4.69, 9.17) is 10.1 Å². The molecule has 1 aromatic rings. The molecule has 0 aliphatic carbocycles. The van der Waals surface area contributed by atoms with Crippen LogP contribution in [0.1, 0.15) is 44.6 Å². The average Bonchev–Trinajstić information content (AvgIpc) is 2.39. The first-order chi connectivity index (χ1) is 8.31. The van der Waals surface area contributed by atoms with Crippen LogP contribution in [-0.4, -0.2) is 13.2 Å². The molecule has 3 heteroatoms. The molecule has 0 saturated heterocycles. The van der Waals surface area contributed by atoms with E-state index in [1.165, 1.54) is 5.56 Å². The Kier molecular flexibility index (Phi) is 6.27. The van der Waals surface area contributed by atoms with Gasteiger partial charge in [-0.2, -0.15) is 0 Å². The van der Waals surface area contributed by atoms with Gasteiger partial charge in [-0.1, -0.05) is 32.4 Å². The average molecular weight is 233 g/mol. The second-order valence-electron chi connectivity index (χ2n) is 4.23. The molecule has 0 spiro atoms. The molecule has 0 N–H and O–H groups in total. The highest BCUT2D eigenvalue weighted by Gasteiger charge is 2.13. The van der Waals surface area contributed by atoms with Crippen LogP contribution in [0.25, 0.3) is 4.98 Å². The highest BCUT2D eigenvalue weighted by atomic mass is 16.5. The molecule has 0 amide bonds. The molecule has 0 aromatic heterocycles. The summed E-state index contributed by atoms with van der Waals surface area (Å²) in [5.41, 5.74) is 1.79. The fraction of sp³-hybridized carbons (Fsp3) is 0.571. The number of unbranched alkanes of at least 4 members (excludes halogenated alkanes) is 1. The SMILES string of the molecule is CCCCOCC(CC)c1cccc([N+]#N)c1. The van der Waals surface area contributed by atoms with Crippen LogP contribution in [0.4, 0.5) is 5.69 Å². The zero-order valence-corrected chi connectivity index (χ0v) is 10.7. The van der Waals surface area contributed by atoms with Crippen LogP contribution in [0.3, 0.4) is 0 Å². The maximum Gasteiger partial charge on any atom is 0.385 e. The van der Waals surface area contributed by atoms with Gasteiger partial charge >= 0.3 is 5.69 Å². The van der Waals surface area contributed by atoms with E-state index in [1.807, 2.05) is 12.1 Å². The van der Waals surface area contributed by atoms with Crippen molar-refractivity contribution in [2.45, 2.75) is 39.0 Å². The van der Waals surface area contributed by atoms with Crippen molar-refractivity contribution in [2.24, 2.45) is 0 Å². The van der Waals surface area contributed by atoms with Crippen molar-refractivity contribution in [2.75, 3.05) is 13.2 Å². The van der Waals surface area contributed by atoms with Gasteiger partial charge in [0.25, 0.3) is 0 Å². The molecule has 0 radical (unpaired) electrons. The minimum Gasteiger partial charge on any atom is -0.381 e. The molecule has 17 heavy (non-hydrogen) atoms. The summed E-state index contributed by atoms with van der Waals surface area (Å²) < 4.78 is 5.66. The van der Waals surface area contributed by atoms with Gasteiger partial charge in [-0.25, -0.2) is 0 Å². The van der Waals surface area contributed by atoms with Crippen LogP contribution < -0.4 is 0 Å². The summed E-state index contributed by atoms with van der Waals surface area (Å²) >= 11 is 0. The minimum absolute atomic E-state index is 0.383. The van der Waals surface area contributed by atoms with Crippen molar-refractivity contribution in [3.05, 3.63) is 34.8 Å². The van der Waals surface area contributed by atoms with E-state index in [1.54, 1.807) is 6.07 Å². The Labute approximate surface area is 103 Å². The lowest BCUT2D eigenvalue weighted by Crippen LogP contribution is -2.07. The number of diazo groups is 1. The van der Waals surface area contributed by atoms with Gasteiger partial charge in [0.15, 0.2) is 4.98 Å². The van der Waals surface area contributed by atoms with Crippen molar-refractivity contribution >= 4 is 5.69 Å². The Morgan fingerprint density at radius 1 is 1.35 bits per heavy atom. The first-order valence-corrected chi connectivity index (χ1v) is 6.34. The van der Waals surface area contributed by atoms with Crippen molar-refractivity contribution in [1.29, 1.82) is 5.39 Å². The maximum atomic E-state index is 8.76. The number of ether oxygens (including phenoxy) is 1. The Bertz CT molecular complexity index is 371. The molecule has 1 unspecified atom stereocenters. The van der Waals surface area contributed by atoms with Gasteiger partial charge in [-0.3, -0.25) is 0 Å². The van der Waals surface area contributed by atoms with Crippen molar-refractivity contribution < 1.29 is 4.74 Å². The first-order valence-electron chi connectivity index (χ1n) is 6.34. The van der Waals surface area contributed by atoms with E-state index in [0.29, 0.717) is 11.6 Å². The summed E-state index contributed by atoms with van der Waals surface area (Å²) in [6, 6.07) is 7.68. The third kappa shape index (κ3) is 4.54. The van der Waals surface area contributed by atoms with Gasteiger partial charge in [-0.05, 0) is 18.4 Å². The smallest absolute Gasteiger partial charge is 0.381 e. The fourth-order valence-electron chi connectivity index (χ4n) is 1.76. The van der Waals surface area contributed by atoms with E-state index in [0.717, 1.165) is 32.5 Å². The third-order valence-corrected chi connectivity index (χ3v) is 2.91. The van der Waals surface area contributed by atoms with Crippen molar-refractivity contribution in [1.82, 2.24) is 0 Å². The molecule has 0 heterocycles.